The number of nitrogens with two attached hydrogens (primary N) is 1. The highest BCUT2D eigenvalue weighted by Gasteiger charge is 2.45. The van der Waals surface area contributed by atoms with Crippen LogP contribution in [-0.2, 0) is 14.8 Å². The number of nitrogens with zero attached hydrogens (tertiary/aromatic N) is 1. The van der Waals surface area contributed by atoms with Gasteiger partial charge in [0.05, 0.1) is 23.0 Å². The molecule has 0 saturated heterocycles. The van der Waals surface area contributed by atoms with Crippen LogP contribution in [0, 0.1) is 17.2 Å². The van der Waals surface area contributed by atoms with Crippen molar-refractivity contribution in [2.75, 3.05) is 0 Å². The van der Waals surface area contributed by atoms with Gasteiger partial charge in [0.25, 0.3) is 0 Å². The van der Waals surface area contributed by atoms with Crippen LogP contribution >= 0.6 is 11.3 Å². The summed E-state index contributed by atoms with van der Waals surface area (Å²) < 4.78 is 23.1. The maximum atomic E-state index is 13.2. The summed E-state index contributed by atoms with van der Waals surface area (Å²) in [6.07, 6.45) is 2.02. The molecule has 0 bridgehead atoms. The molecule has 2 aromatic carbocycles. The number of hydrogen-bond acceptors (Lipinski definition) is 6. The fraction of sp³-hybridized carbons (Fsp3) is 0.333. The Hall–Kier alpha value is -3.03. The van der Waals surface area contributed by atoms with Crippen molar-refractivity contribution in [3.8, 4) is 17.2 Å². The number of hydrogen-bond donors (Lipinski definition) is 3. The summed E-state index contributed by atoms with van der Waals surface area (Å²) in [7, 11) is -3.74. The molecule has 4 rings (SSSR count). The molecule has 0 radical (unpaired) electrons. The molecule has 1 aliphatic carbocycles. The fourth-order valence-electron chi connectivity index (χ4n) is 4.17. The van der Waals surface area contributed by atoms with E-state index in [9.17, 15) is 18.5 Å². The summed E-state index contributed by atoms with van der Waals surface area (Å²) in [6.45, 7) is 4.16. The zero-order valence-corrected chi connectivity index (χ0v) is 21.9. The number of carbonyl (C=O) groups excluding carboxylic acids is 1. The lowest BCUT2D eigenvalue weighted by Gasteiger charge is -2.27. The maximum Gasteiger partial charge on any atom is 0.238 e. The molecular weight excluding hydrogens is 492 g/mol. The van der Waals surface area contributed by atoms with Gasteiger partial charge in [-0.2, -0.15) is 16.6 Å². The van der Waals surface area contributed by atoms with Crippen LogP contribution in [0.25, 0.3) is 11.1 Å². The van der Waals surface area contributed by atoms with Gasteiger partial charge < -0.3 is 5.32 Å². The summed E-state index contributed by atoms with van der Waals surface area (Å²) in [6, 6.07) is 18.1. The van der Waals surface area contributed by atoms with Gasteiger partial charge in [-0.1, -0.05) is 50.2 Å². The molecule has 9 heteroatoms. The van der Waals surface area contributed by atoms with E-state index in [1.807, 2.05) is 35.7 Å². The van der Waals surface area contributed by atoms with Crippen LogP contribution in [0.15, 0.2) is 70.3 Å². The molecule has 188 valence electrons. The minimum absolute atomic E-state index is 0.0726. The number of sulfonamides is 1. The summed E-state index contributed by atoms with van der Waals surface area (Å²) in [5, 5.41) is 25.2. The Labute approximate surface area is 216 Å². The largest absolute Gasteiger partial charge is 0.336 e. The number of thiophene rings is 1. The van der Waals surface area contributed by atoms with E-state index in [2.05, 4.69) is 35.9 Å². The molecule has 0 spiro atoms. The van der Waals surface area contributed by atoms with Crippen molar-refractivity contribution < 1.29 is 13.2 Å². The van der Waals surface area contributed by atoms with Crippen molar-refractivity contribution in [1.82, 2.24) is 10.6 Å². The first-order chi connectivity index (χ1) is 17.1. The van der Waals surface area contributed by atoms with Crippen LogP contribution in [0.3, 0.4) is 0 Å². The predicted molar refractivity (Wildman–Crippen MR) is 142 cm³/mol. The highest BCUT2D eigenvalue weighted by molar-refractivity contribution is 7.89. The van der Waals surface area contributed by atoms with E-state index in [-0.39, 0.29) is 22.8 Å². The Morgan fingerprint density at radius 1 is 1.06 bits per heavy atom. The third-order valence-corrected chi connectivity index (χ3v) is 7.99. The molecule has 7 nitrogen and oxygen atoms in total. The van der Waals surface area contributed by atoms with Crippen LogP contribution < -0.4 is 15.8 Å². The second-order valence-electron chi connectivity index (χ2n) is 9.71. The first-order valence-electron chi connectivity index (χ1n) is 11.8. The molecule has 36 heavy (non-hydrogen) atoms. The van der Waals surface area contributed by atoms with Crippen LogP contribution in [0.4, 0.5) is 0 Å². The Morgan fingerprint density at radius 3 is 2.14 bits per heavy atom. The van der Waals surface area contributed by atoms with Gasteiger partial charge in [-0.25, -0.2) is 13.6 Å². The van der Waals surface area contributed by atoms with Crippen molar-refractivity contribution in [1.29, 1.82) is 5.26 Å². The lowest BCUT2D eigenvalue weighted by Crippen LogP contribution is -2.50. The third kappa shape index (κ3) is 6.20. The van der Waals surface area contributed by atoms with Crippen LogP contribution in [0.1, 0.15) is 50.3 Å². The second kappa shape index (κ2) is 10.5. The standard InChI is InChI=1S/C27H30N4O3S2/c1-18(2)15-24(26(32)31-27(17-28)12-13-27)30-25(22-11-14-35-16-22)21-5-3-19(4-6-21)20-7-9-23(10-8-20)36(29,33)34/h3-11,14,16,18,24-25,30H,12-13,15H2,1-2H3,(H,31,32)(H2,29,33,34)/t24-,25?/m0/s1. The molecule has 1 aliphatic rings. The third-order valence-electron chi connectivity index (χ3n) is 6.35. The van der Waals surface area contributed by atoms with Gasteiger partial charge in [0.15, 0.2) is 0 Å². The Morgan fingerprint density at radius 2 is 1.67 bits per heavy atom. The van der Waals surface area contributed by atoms with Crippen LogP contribution in [0.5, 0.6) is 0 Å². The van der Waals surface area contributed by atoms with E-state index >= 15 is 0 Å². The summed E-state index contributed by atoms with van der Waals surface area (Å²) >= 11 is 1.60. The van der Waals surface area contributed by atoms with Crippen LogP contribution in [-0.4, -0.2) is 25.9 Å². The average molecular weight is 523 g/mol. The molecule has 1 saturated carbocycles. The number of benzene rings is 2. The van der Waals surface area contributed by atoms with Crippen molar-refractivity contribution in [2.24, 2.45) is 11.1 Å². The minimum Gasteiger partial charge on any atom is -0.336 e. The van der Waals surface area contributed by atoms with E-state index in [0.717, 1.165) is 22.3 Å². The number of carbonyl (C=O) groups is 1. The van der Waals surface area contributed by atoms with Gasteiger partial charge in [-0.15, -0.1) is 0 Å². The zero-order valence-electron chi connectivity index (χ0n) is 20.3. The zero-order chi connectivity index (χ0) is 25.9. The highest BCUT2D eigenvalue weighted by atomic mass is 32.2. The topological polar surface area (TPSA) is 125 Å². The van der Waals surface area contributed by atoms with Crippen molar-refractivity contribution in [2.45, 2.75) is 55.6 Å². The molecule has 1 unspecified atom stereocenters. The van der Waals surface area contributed by atoms with Crippen LogP contribution in [0.2, 0.25) is 0 Å². The molecule has 2 atom stereocenters. The van der Waals surface area contributed by atoms with E-state index in [0.29, 0.717) is 19.3 Å². The Bertz CT molecular complexity index is 1340. The normalized spacial score (nSPS) is 16.2. The lowest BCUT2D eigenvalue weighted by atomic mass is 9.95. The number of amides is 1. The van der Waals surface area contributed by atoms with Crippen molar-refractivity contribution in [3.05, 3.63) is 76.5 Å². The Kier molecular flexibility index (Phi) is 7.62. The molecule has 1 heterocycles. The summed E-state index contributed by atoms with van der Waals surface area (Å²) in [4.78, 5) is 13.3. The van der Waals surface area contributed by atoms with Gasteiger partial charge in [0.1, 0.15) is 5.54 Å². The van der Waals surface area contributed by atoms with Gasteiger partial charge >= 0.3 is 0 Å². The molecule has 1 amide bonds. The molecule has 1 aromatic heterocycles. The SMILES string of the molecule is CC(C)C[C@H](NC(c1ccc(-c2ccc(S(N)(=O)=O)cc2)cc1)c1ccsc1)C(=O)NC1(C#N)CC1. The van der Waals surface area contributed by atoms with E-state index in [1.165, 1.54) is 12.1 Å². The highest BCUT2D eigenvalue weighted by Crippen LogP contribution is 2.35. The molecule has 0 aliphatic heterocycles. The molecule has 1 fully saturated rings. The number of rotatable bonds is 10. The maximum absolute atomic E-state index is 13.2. The molecule has 4 N–H and O–H groups in total. The smallest absolute Gasteiger partial charge is 0.238 e. The predicted octanol–water partition coefficient (Wildman–Crippen LogP) is 4.33. The average Bonchev–Trinajstić information content (AvgIpc) is 3.41. The van der Waals surface area contributed by atoms with E-state index < -0.39 is 21.6 Å². The van der Waals surface area contributed by atoms with Crippen molar-refractivity contribution in [3.63, 3.8) is 0 Å². The van der Waals surface area contributed by atoms with Gasteiger partial charge in [-0.3, -0.25) is 10.1 Å². The molecule has 3 aromatic rings. The van der Waals surface area contributed by atoms with E-state index in [4.69, 9.17) is 5.14 Å². The number of primary sulfonamides is 1. The van der Waals surface area contributed by atoms with E-state index in [1.54, 1.807) is 23.5 Å². The lowest BCUT2D eigenvalue weighted by molar-refractivity contribution is -0.124. The molecular formula is C27H30N4O3S2. The van der Waals surface area contributed by atoms with Gasteiger partial charge in [0, 0.05) is 0 Å². The quantitative estimate of drug-likeness (QED) is 0.365. The minimum atomic E-state index is -3.74. The fourth-order valence-corrected chi connectivity index (χ4v) is 5.37. The first-order valence-corrected chi connectivity index (χ1v) is 14.3. The summed E-state index contributed by atoms with van der Waals surface area (Å²) in [5.41, 5.74) is 3.16. The first kappa shape index (κ1) is 26.0. The Balaban J connectivity index is 1.59. The summed E-state index contributed by atoms with van der Waals surface area (Å²) in [5.74, 6) is 0.144. The number of nitrogens with one attached hydrogen (secondary N) is 2. The van der Waals surface area contributed by atoms with Gasteiger partial charge in [-0.05, 0) is 76.4 Å². The second-order valence-corrected chi connectivity index (χ2v) is 12.1. The number of nitriles is 1. The van der Waals surface area contributed by atoms with Gasteiger partial charge in [0.2, 0.25) is 15.9 Å². The van der Waals surface area contributed by atoms with Crippen molar-refractivity contribution >= 4 is 27.3 Å². The monoisotopic (exact) mass is 522 g/mol.